The van der Waals surface area contributed by atoms with Crippen molar-refractivity contribution in [1.29, 1.82) is 0 Å². The Kier molecular flexibility index (Phi) is 4.34. The van der Waals surface area contributed by atoms with Crippen molar-refractivity contribution in [2.24, 2.45) is 10.7 Å². The fourth-order valence-electron chi connectivity index (χ4n) is 1.72. The maximum absolute atomic E-state index is 5.84. The molecule has 0 fully saturated rings. The van der Waals surface area contributed by atoms with E-state index in [9.17, 15) is 0 Å². The summed E-state index contributed by atoms with van der Waals surface area (Å²) < 4.78 is 5.00. The van der Waals surface area contributed by atoms with Gasteiger partial charge < -0.3 is 15.6 Å². The highest BCUT2D eigenvalue weighted by molar-refractivity contribution is 5.92. The highest BCUT2D eigenvalue weighted by atomic mass is 16.5. The number of aromatic nitrogens is 2. The van der Waals surface area contributed by atoms with Crippen LogP contribution in [0.2, 0.25) is 0 Å². The Morgan fingerprint density at radius 2 is 2.10 bits per heavy atom. The van der Waals surface area contributed by atoms with E-state index < -0.39 is 0 Å². The number of nitrogens with zero attached hydrogens (tertiary/aromatic N) is 3. The van der Waals surface area contributed by atoms with Crippen LogP contribution in [0.5, 0.6) is 0 Å². The predicted octanol–water partition coefficient (Wildman–Crippen LogP) is 1.96. The smallest absolute Gasteiger partial charge is 0.228 e. The molecule has 0 radical (unpaired) electrons. The fourth-order valence-corrected chi connectivity index (χ4v) is 1.72. The Hall–Kier alpha value is -2.37. The molecular weight excluding hydrogens is 254 g/mol. The fraction of sp³-hybridized carbons (Fsp3) is 0.357. The van der Waals surface area contributed by atoms with Crippen LogP contribution >= 0.6 is 0 Å². The molecule has 0 amide bonds. The molecule has 0 saturated heterocycles. The maximum atomic E-state index is 5.84. The second-order valence-corrected chi connectivity index (χ2v) is 4.68. The number of guanidine groups is 1. The van der Waals surface area contributed by atoms with Gasteiger partial charge in [0.1, 0.15) is 0 Å². The highest BCUT2D eigenvalue weighted by Crippen LogP contribution is 2.13. The van der Waals surface area contributed by atoms with Crippen molar-refractivity contribution in [3.05, 3.63) is 41.0 Å². The Morgan fingerprint density at radius 1 is 1.30 bits per heavy atom. The SMILES string of the molecule is Cc1noc(CCN=C(N)Nc2ccc(C)c(C)c2)n1. The summed E-state index contributed by atoms with van der Waals surface area (Å²) in [4.78, 5) is 8.34. The van der Waals surface area contributed by atoms with E-state index in [0.29, 0.717) is 30.6 Å². The van der Waals surface area contributed by atoms with Gasteiger partial charge in [0.25, 0.3) is 0 Å². The van der Waals surface area contributed by atoms with Crippen molar-refractivity contribution in [3.63, 3.8) is 0 Å². The molecule has 0 bridgehead atoms. The average Bonchev–Trinajstić information content (AvgIpc) is 2.80. The largest absolute Gasteiger partial charge is 0.370 e. The molecule has 3 N–H and O–H groups in total. The second-order valence-electron chi connectivity index (χ2n) is 4.68. The van der Waals surface area contributed by atoms with Crippen LogP contribution in [0.4, 0.5) is 5.69 Å². The van der Waals surface area contributed by atoms with E-state index in [2.05, 4.69) is 34.3 Å². The van der Waals surface area contributed by atoms with Crippen molar-refractivity contribution < 1.29 is 4.52 Å². The minimum Gasteiger partial charge on any atom is -0.370 e. The molecule has 0 spiro atoms. The molecule has 6 heteroatoms. The van der Waals surface area contributed by atoms with Gasteiger partial charge in [-0.25, -0.2) is 0 Å². The van der Waals surface area contributed by atoms with Crippen LogP contribution < -0.4 is 11.1 Å². The number of aryl methyl sites for hydroxylation is 3. The zero-order chi connectivity index (χ0) is 14.5. The van der Waals surface area contributed by atoms with Gasteiger partial charge in [-0.15, -0.1) is 0 Å². The summed E-state index contributed by atoms with van der Waals surface area (Å²) in [5.74, 6) is 1.58. The molecule has 0 aliphatic carbocycles. The summed E-state index contributed by atoms with van der Waals surface area (Å²) >= 11 is 0. The molecule has 1 heterocycles. The quantitative estimate of drug-likeness (QED) is 0.656. The molecule has 20 heavy (non-hydrogen) atoms. The standard InChI is InChI=1S/C14H19N5O/c1-9-4-5-12(8-10(9)2)18-14(15)16-7-6-13-17-11(3)19-20-13/h4-5,8H,6-7H2,1-3H3,(H3,15,16,18). The van der Waals surface area contributed by atoms with E-state index in [1.807, 2.05) is 18.2 Å². The lowest BCUT2D eigenvalue weighted by Crippen LogP contribution is -2.23. The lowest BCUT2D eigenvalue weighted by Gasteiger charge is -2.07. The Bertz CT molecular complexity index is 618. The third-order valence-corrected chi connectivity index (χ3v) is 2.96. The van der Waals surface area contributed by atoms with Crippen LogP contribution in [0.3, 0.4) is 0 Å². The van der Waals surface area contributed by atoms with Gasteiger partial charge in [0, 0.05) is 12.1 Å². The molecule has 2 rings (SSSR count). The summed E-state index contributed by atoms with van der Waals surface area (Å²) in [6.45, 7) is 6.42. The normalized spacial score (nSPS) is 11.7. The monoisotopic (exact) mass is 273 g/mol. The van der Waals surface area contributed by atoms with E-state index in [1.165, 1.54) is 11.1 Å². The van der Waals surface area contributed by atoms with Gasteiger partial charge >= 0.3 is 0 Å². The minimum atomic E-state index is 0.379. The molecule has 0 saturated carbocycles. The zero-order valence-electron chi connectivity index (χ0n) is 12.0. The van der Waals surface area contributed by atoms with Gasteiger partial charge in [-0.05, 0) is 44.0 Å². The van der Waals surface area contributed by atoms with Crippen LogP contribution in [0.15, 0.2) is 27.7 Å². The molecule has 1 aromatic heterocycles. The first-order valence-corrected chi connectivity index (χ1v) is 6.48. The predicted molar refractivity (Wildman–Crippen MR) is 78.8 cm³/mol. The lowest BCUT2D eigenvalue weighted by atomic mass is 10.1. The van der Waals surface area contributed by atoms with Crippen molar-refractivity contribution in [3.8, 4) is 0 Å². The molecule has 106 valence electrons. The van der Waals surface area contributed by atoms with E-state index >= 15 is 0 Å². The minimum absolute atomic E-state index is 0.379. The van der Waals surface area contributed by atoms with Crippen molar-refractivity contribution in [2.75, 3.05) is 11.9 Å². The first kappa shape index (κ1) is 14.0. The summed E-state index contributed by atoms with van der Waals surface area (Å²) in [7, 11) is 0. The average molecular weight is 273 g/mol. The summed E-state index contributed by atoms with van der Waals surface area (Å²) in [5, 5.41) is 6.78. The third kappa shape index (κ3) is 3.81. The lowest BCUT2D eigenvalue weighted by molar-refractivity contribution is 0.376. The number of nitrogens with one attached hydrogen (secondary N) is 1. The van der Waals surface area contributed by atoms with E-state index in [1.54, 1.807) is 6.92 Å². The second kappa shape index (κ2) is 6.18. The highest BCUT2D eigenvalue weighted by Gasteiger charge is 2.02. The summed E-state index contributed by atoms with van der Waals surface area (Å²) in [6.07, 6.45) is 0.580. The van der Waals surface area contributed by atoms with Crippen LogP contribution in [-0.4, -0.2) is 22.6 Å². The topological polar surface area (TPSA) is 89.3 Å². The molecule has 0 atom stereocenters. The molecule has 0 aliphatic heterocycles. The molecule has 1 aromatic carbocycles. The Morgan fingerprint density at radius 3 is 2.75 bits per heavy atom. The Balaban J connectivity index is 1.88. The number of hydrogen-bond acceptors (Lipinski definition) is 4. The third-order valence-electron chi connectivity index (χ3n) is 2.96. The van der Waals surface area contributed by atoms with E-state index in [-0.39, 0.29) is 0 Å². The Labute approximate surface area is 118 Å². The molecule has 2 aromatic rings. The van der Waals surface area contributed by atoms with Crippen LogP contribution in [-0.2, 0) is 6.42 Å². The summed E-state index contributed by atoms with van der Waals surface area (Å²) in [5.41, 5.74) is 9.23. The van der Waals surface area contributed by atoms with E-state index in [0.717, 1.165) is 5.69 Å². The van der Waals surface area contributed by atoms with Gasteiger partial charge in [-0.1, -0.05) is 11.2 Å². The first-order chi connectivity index (χ1) is 9.54. The number of anilines is 1. The number of benzene rings is 1. The molecule has 0 aliphatic rings. The van der Waals surface area contributed by atoms with Crippen LogP contribution in [0.1, 0.15) is 22.8 Å². The molecule has 6 nitrogen and oxygen atoms in total. The van der Waals surface area contributed by atoms with Crippen molar-refractivity contribution in [2.45, 2.75) is 27.2 Å². The van der Waals surface area contributed by atoms with Gasteiger partial charge in [0.2, 0.25) is 5.89 Å². The van der Waals surface area contributed by atoms with Gasteiger partial charge in [0.05, 0.1) is 6.54 Å². The van der Waals surface area contributed by atoms with Crippen LogP contribution in [0.25, 0.3) is 0 Å². The van der Waals surface area contributed by atoms with Gasteiger partial charge in [0.15, 0.2) is 11.8 Å². The zero-order valence-corrected chi connectivity index (χ0v) is 12.0. The van der Waals surface area contributed by atoms with Gasteiger partial charge in [-0.3, -0.25) is 4.99 Å². The summed E-state index contributed by atoms with van der Waals surface area (Å²) in [6, 6.07) is 6.07. The first-order valence-electron chi connectivity index (χ1n) is 6.48. The number of hydrogen-bond donors (Lipinski definition) is 2. The number of aliphatic imine (C=N–C) groups is 1. The van der Waals surface area contributed by atoms with Gasteiger partial charge in [-0.2, -0.15) is 4.98 Å². The van der Waals surface area contributed by atoms with E-state index in [4.69, 9.17) is 10.3 Å². The van der Waals surface area contributed by atoms with Crippen molar-refractivity contribution in [1.82, 2.24) is 10.1 Å². The number of nitrogens with two attached hydrogens (primary N) is 1. The molecule has 0 unspecified atom stereocenters. The van der Waals surface area contributed by atoms with Crippen molar-refractivity contribution >= 4 is 11.6 Å². The molecular formula is C14H19N5O. The maximum Gasteiger partial charge on any atom is 0.228 e. The van der Waals surface area contributed by atoms with Crippen LogP contribution in [0, 0.1) is 20.8 Å². The number of rotatable bonds is 4.